The van der Waals surface area contributed by atoms with E-state index >= 15 is 0 Å². The molecule has 0 radical (unpaired) electrons. The molecule has 1 aromatic carbocycles. The summed E-state index contributed by atoms with van der Waals surface area (Å²) in [5.74, 6) is -1.33. The van der Waals surface area contributed by atoms with Crippen molar-refractivity contribution in [3.8, 4) is 0 Å². The molecule has 0 aliphatic heterocycles. The predicted octanol–water partition coefficient (Wildman–Crippen LogP) is 2.63. The van der Waals surface area contributed by atoms with E-state index in [0.29, 0.717) is 0 Å². The van der Waals surface area contributed by atoms with Gasteiger partial charge in [-0.3, -0.25) is 4.79 Å². The molecule has 102 valence electrons. The van der Waals surface area contributed by atoms with E-state index in [2.05, 4.69) is 0 Å². The fourth-order valence-corrected chi connectivity index (χ4v) is 1.72. The summed E-state index contributed by atoms with van der Waals surface area (Å²) in [7, 11) is 1.68. The van der Waals surface area contributed by atoms with Crippen molar-refractivity contribution in [2.24, 2.45) is 0 Å². The number of carbonyl (C=O) groups excluding carboxylic acids is 1. The van der Waals surface area contributed by atoms with Crippen LogP contribution in [-0.2, 0) is 9.59 Å². The highest BCUT2D eigenvalue weighted by Gasteiger charge is 2.21. The molecule has 1 aromatic rings. The Bertz CT molecular complexity index is 505. The summed E-state index contributed by atoms with van der Waals surface area (Å²) in [6.07, 6.45) is 0. The van der Waals surface area contributed by atoms with Crippen LogP contribution < -0.4 is 0 Å². The fourth-order valence-electron chi connectivity index (χ4n) is 1.72. The van der Waals surface area contributed by atoms with Gasteiger partial charge in [0.05, 0.1) is 6.04 Å². The maximum atomic E-state index is 12.2. The smallest absolute Gasteiger partial charge is 0.331 e. The monoisotopic (exact) mass is 261 g/mol. The number of hydrogen-bond acceptors (Lipinski definition) is 2. The predicted molar refractivity (Wildman–Crippen MR) is 73.6 cm³/mol. The summed E-state index contributed by atoms with van der Waals surface area (Å²) in [6, 6.07) is 9.52. The summed E-state index contributed by atoms with van der Waals surface area (Å²) in [5.41, 5.74) is 1.36. The van der Waals surface area contributed by atoms with Crippen molar-refractivity contribution in [3.63, 3.8) is 0 Å². The molecule has 0 spiro atoms. The van der Waals surface area contributed by atoms with E-state index in [1.807, 2.05) is 37.3 Å². The molecule has 1 rings (SSSR count). The number of hydrogen-bond donors (Lipinski definition) is 1. The van der Waals surface area contributed by atoms with Crippen LogP contribution in [0.2, 0.25) is 0 Å². The van der Waals surface area contributed by atoms with Crippen molar-refractivity contribution in [1.29, 1.82) is 0 Å². The fraction of sp³-hybridized carbons (Fsp3) is 0.333. The van der Waals surface area contributed by atoms with Crippen molar-refractivity contribution in [1.82, 2.24) is 4.90 Å². The van der Waals surface area contributed by atoms with Crippen molar-refractivity contribution in [3.05, 3.63) is 47.0 Å². The zero-order valence-electron chi connectivity index (χ0n) is 11.7. The van der Waals surface area contributed by atoms with Gasteiger partial charge in [-0.15, -0.1) is 0 Å². The number of likely N-dealkylation sites (N-methyl/N-ethyl adjacent to an activating group) is 1. The second-order valence-electron chi connectivity index (χ2n) is 4.56. The molecule has 0 aromatic heterocycles. The Hall–Kier alpha value is -2.10. The van der Waals surface area contributed by atoms with Gasteiger partial charge in [-0.25, -0.2) is 4.79 Å². The van der Waals surface area contributed by atoms with Gasteiger partial charge in [-0.05, 0) is 26.3 Å². The minimum atomic E-state index is -1.06. The highest BCUT2D eigenvalue weighted by Crippen LogP contribution is 2.20. The normalized spacial score (nSPS) is 13.5. The lowest BCUT2D eigenvalue weighted by molar-refractivity contribution is -0.134. The molecule has 0 fully saturated rings. The topological polar surface area (TPSA) is 57.6 Å². The first-order chi connectivity index (χ1) is 8.86. The van der Waals surface area contributed by atoms with Crippen molar-refractivity contribution < 1.29 is 14.7 Å². The number of carbonyl (C=O) groups is 2. The molecule has 0 saturated carbocycles. The molecule has 0 heterocycles. The number of rotatable bonds is 4. The van der Waals surface area contributed by atoms with Gasteiger partial charge in [-0.2, -0.15) is 0 Å². The van der Waals surface area contributed by atoms with Gasteiger partial charge in [0.2, 0.25) is 5.91 Å². The Kier molecular flexibility index (Phi) is 4.87. The lowest BCUT2D eigenvalue weighted by atomic mass is 10.1. The van der Waals surface area contributed by atoms with Gasteiger partial charge in [0.15, 0.2) is 0 Å². The van der Waals surface area contributed by atoms with Crippen LogP contribution in [0, 0.1) is 0 Å². The molecule has 4 nitrogen and oxygen atoms in total. The summed E-state index contributed by atoms with van der Waals surface area (Å²) in [6.45, 7) is 4.90. The maximum absolute atomic E-state index is 12.2. The van der Waals surface area contributed by atoms with Gasteiger partial charge in [-0.1, -0.05) is 30.3 Å². The number of carboxylic acids is 1. The largest absolute Gasteiger partial charge is 0.478 e. The average molecular weight is 261 g/mol. The summed E-state index contributed by atoms with van der Waals surface area (Å²) in [5, 5.41) is 8.91. The van der Waals surface area contributed by atoms with Crippen LogP contribution in [0.4, 0.5) is 0 Å². The van der Waals surface area contributed by atoms with Crippen LogP contribution in [0.15, 0.2) is 41.5 Å². The van der Waals surface area contributed by atoms with Crippen LogP contribution in [-0.4, -0.2) is 28.9 Å². The van der Waals surface area contributed by atoms with Crippen molar-refractivity contribution >= 4 is 11.9 Å². The molecular formula is C15H19NO3. The van der Waals surface area contributed by atoms with Crippen LogP contribution in [0.5, 0.6) is 0 Å². The molecule has 4 heteroatoms. The number of aliphatic carboxylic acids is 1. The molecule has 1 unspecified atom stereocenters. The van der Waals surface area contributed by atoms with E-state index in [0.717, 1.165) is 5.56 Å². The SMILES string of the molecule is CC(C(=O)O)=C(C)C(=O)N(C)C(C)c1ccccc1. The molecule has 0 bridgehead atoms. The Balaban J connectivity index is 2.95. The molecule has 0 saturated heterocycles. The number of benzene rings is 1. The van der Waals surface area contributed by atoms with Crippen molar-refractivity contribution in [2.45, 2.75) is 26.8 Å². The first kappa shape index (κ1) is 15.0. The highest BCUT2D eigenvalue weighted by atomic mass is 16.4. The summed E-state index contributed by atoms with van der Waals surface area (Å²) in [4.78, 5) is 24.6. The first-order valence-corrected chi connectivity index (χ1v) is 6.09. The number of carboxylic acid groups (broad SMARTS) is 1. The van der Waals surface area contributed by atoms with Crippen molar-refractivity contribution in [2.75, 3.05) is 7.05 Å². The van der Waals surface area contributed by atoms with Crippen LogP contribution in [0.3, 0.4) is 0 Å². The number of amides is 1. The van der Waals surface area contributed by atoms with Crippen LogP contribution in [0.25, 0.3) is 0 Å². The minimum absolute atomic E-state index is 0.0807. The van der Waals surface area contributed by atoms with Gasteiger partial charge < -0.3 is 10.0 Å². The summed E-state index contributed by atoms with van der Waals surface area (Å²) >= 11 is 0. The van der Waals surface area contributed by atoms with Gasteiger partial charge in [0.1, 0.15) is 0 Å². The third kappa shape index (κ3) is 3.44. The molecule has 0 aliphatic carbocycles. The molecular weight excluding hydrogens is 242 g/mol. The van der Waals surface area contributed by atoms with E-state index in [4.69, 9.17) is 5.11 Å². The van der Waals surface area contributed by atoms with E-state index in [9.17, 15) is 9.59 Å². The van der Waals surface area contributed by atoms with E-state index < -0.39 is 5.97 Å². The van der Waals surface area contributed by atoms with Gasteiger partial charge in [0, 0.05) is 18.2 Å². The van der Waals surface area contributed by atoms with E-state index in [-0.39, 0.29) is 23.1 Å². The molecule has 1 atom stereocenters. The lowest BCUT2D eigenvalue weighted by Crippen LogP contribution is -2.31. The Morgan fingerprint density at radius 1 is 1.11 bits per heavy atom. The Morgan fingerprint density at radius 3 is 2.11 bits per heavy atom. The quantitative estimate of drug-likeness (QED) is 0.848. The molecule has 19 heavy (non-hydrogen) atoms. The molecule has 1 amide bonds. The average Bonchev–Trinajstić information content (AvgIpc) is 2.44. The first-order valence-electron chi connectivity index (χ1n) is 6.09. The lowest BCUT2D eigenvalue weighted by Gasteiger charge is -2.26. The second-order valence-corrected chi connectivity index (χ2v) is 4.56. The van der Waals surface area contributed by atoms with Crippen LogP contribution >= 0.6 is 0 Å². The zero-order chi connectivity index (χ0) is 14.6. The summed E-state index contributed by atoms with van der Waals surface area (Å²) < 4.78 is 0. The Labute approximate surface area is 113 Å². The molecule has 0 aliphatic rings. The van der Waals surface area contributed by atoms with Gasteiger partial charge >= 0.3 is 5.97 Å². The third-order valence-electron chi connectivity index (χ3n) is 3.39. The highest BCUT2D eigenvalue weighted by molar-refractivity contribution is 6.01. The van der Waals surface area contributed by atoms with E-state index in [1.54, 1.807) is 18.9 Å². The third-order valence-corrected chi connectivity index (χ3v) is 3.39. The second kappa shape index (κ2) is 6.18. The standard InChI is InChI=1S/C15H19NO3/c1-10(11(2)15(18)19)14(17)16(4)12(3)13-8-6-5-7-9-13/h5-9,12H,1-4H3,(H,18,19). The minimum Gasteiger partial charge on any atom is -0.478 e. The molecule has 1 N–H and O–H groups in total. The maximum Gasteiger partial charge on any atom is 0.331 e. The zero-order valence-corrected chi connectivity index (χ0v) is 11.7. The van der Waals surface area contributed by atoms with Gasteiger partial charge in [0.25, 0.3) is 0 Å². The van der Waals surface area contributed by atoms with E-state index in [1.165, 1.54) is 6.92 Å². The Morgan fingerprint density at radius 2 is 1.63 bits per heavy atom. The number of nitrogens with zero attached hydrogens (tertiary/aromatic N) is 1. The van der Waals surface area contributed by atoms with Crippen LogP contribution in [0.1, 0.15) is 32.4 Å².